The van der Waals surface area contributed by atoms with E-state index in [0.29, 0.717) is 17.4 Å². The van der Waals surface area contributed by atoms with Crippen molar-refractivity contribution in [3.63, 3.8) is 0 Å². The lowest BCUT2D eigenvalue weighted by Gasteiger charge is -2.37. The largest absolute Gasteiger partial charge is 0.594 e. The van der Waals surface area contributed by atoms with E-state index >= 15 is 0 Å². The van der Waals surface area contributed by atoms with Crippen LogP contribution in [0.15, 0.2) is 35.6 Å². The number of nitrogens with two attached hydrogens (primary N) is 1. The number of hydrogen-bond donors (Lipinski definition) is 1. The molecule has 1 aliphatic heterocycles. The van der Waals surface area contributed by atoms with Gasteiger partial charge in [0.05, 0.1) is 5.41 Å². The molecule has 5 rings (SSSR count). The number of benzene rings is 1. The van der Waals surface area contributed by atoms with Crippen molar-refractivity contribution in [1.82, 2.24) is 0 Å². The van der Waals surface area contributed by atoms with Gasteiger partial charge in [0.1, 0.15) is 0 Å². The van der Waals surface area contributed by atoms with Gasteiger partial charge in [0.2, 0.25) is 6.10 Å². The normalized spacial score (nSPS) is 35.0. The molecule has 0 aromatic heterocycles. The molecule has 1 spiro atoms. The van der Waals surface area contributed by atoms with Gasteiger partial charge in [-0.1, -0.05) is 17.7 Å². The predicted octanol–water partition coefficient (Wildman–Crippen LogP) is 1.45. The molecule has 4 nitrogen and oxygen atoms in total. The molecule has 1 aromatic carbocycles. The molecular formula is C16H16NO3+. The summed E-state index contributed by atoms with van der Waals surface area (Å²) in [7, 11) is 0. The SMILES string of the molecule is NOc1ccc2c3c1O[C@H]1C([OH2+])=CC=C4[C@H](CC[C@]431)C2. The molecule has 4 aliphatic rings. The lowest BCUT2D eigenvalue weighted by atomic mass is 9.64. The Bertz CT molecular complexity index is 706. The van der Waals surface area contributed by atoms with Crippen molar-refractivity contribution in [2.45, 2.75) is 30.8 Å². The quantitative estimate of drug-likeness (QED) is 0.620. The Kier molecular flexibility index (Phi) is 1.73. The minimum absolute atomic E-state index is 0.117. The van der Waals surface area contributed by atoms with Crippen LogP contribution in [-0.4, -0.2) is 11.2 Å². The standard InChI is InChI=1S/C16H15NO3/c17-20-12-4-1-9-7-8-5-6-16-10(8)2-3-11(18)15(16)19-14(12)13(9)16/h1-4,8,15,18H,5-7,17H2/p+1/t8-,15+,16+/m1/s1. The maximum Gasteiger partial charge on any atom is 0.271 e. The average Bonchev–Trinajstić information content (AvgIpc) is 2.95. The van der Waals surface area contributed by atoms with Crippen LogP contribution in [0.25, 0.3) is 0 Å². The molecule has 0 saturated heterocycles. The minimum atomic E-state index is -0.196. The maximum atomic E-state index is 8.25. The molecule has 4 heteroatoms. The maximum absolute atomic E-state index is 8.25. The first-order valence-electron chi connectivity index (χ1n) is 7.09. The molecule has 4 N–H and O–H groups in total. The Balaban J connectivity index is 1.89. The summed E-state index contributed by atoms with van der Waals surface area (Å²) in [6, 6.07) is 4.01. The Hall–Kier alpha value is -1.94. The second-order valence-corrected chi connectivity index (χ2v) is 6.20. The third kappa shape index (κ3) is 0.946. The van der Waals surface area contributed by atoms with E-state index in [9.17, 15) is 0 Å². The average molecular weight is 270 g/mol. The van der Waals surface area contributed by atoms with Gasteiger partial charge in [-0.05, 0) is 36.8 Å². The molecule has 3 aliphatic carbocycles. The van der Waals surface area contributed by atoms with Crippen LogP contribution in [0.4, 0.5) is 0 Å². The molecule has 3 atom stereocenters. The lowest BCUT2D eigenvalue weighted by Crippen LogP contribution is -2.43. The Labute approximate surface area is 116 Å². The first-order chi connectivity index (χ1) is 9.75. The molecule has 1 saturated carbocycles. The van der Waals surface area contributed by atoms with Crippen molar-refractivity contribution in [2.24, 2.45) is 11.8 Å². The summed E-state index contributed by atoms with van der Waals surface area (Å²) < 4.78 is 6.16. The number of rotatable bonds is 1. The zero-order valence-corrected chi connectivity index (χ0v) is 11.0. The van der Waals surface area contributed by atoms with Crippen LogP contribution in [-0.2, 0) is 11.8 Å². The van der Waals surface area contributed by atoms with Crippen LogP contribution in [0.5, 0.6) is 11.5 Å². The van der Waals surface area contributed by atoms with Crippen LogP contribution < -0.4 is 15.5 Å². The Morgan fingerprint density at radius 1 is 1.35 bits per heavy atom. The molecule has 1 heterocycles. The lowest BCUT2D eigenvalue weighted by molar-refractivity contribution is 0.139. The van der Waals surface area contributed by atoms with Crippen LogP contribution in [0, 0.1) is 5.92 Å². The Morgan fingerprint density at radius 3 is 3.10 bits per heavy atom. The summed E-state index contributed by atoms with van der Waals surface area (Å²) >= 11 is 0. The zero-order chi connectivity index (χ0) is 13.5. The number of allylic oxidation sites excluding steroid dienone is 2. The summed E-state index contributed by atoms with van der Waals surface area (Å²) in [5, 5.41) is 8.25. The fraction of sp³-hybridized carbons (Fsp3) is 0.375. The fourth-order valence-electron chi connectivity index (χ4n) is 4.80. The van der Waals surface area contributed by atoms with E-state index in [1.807, 2.05) is 12.1 Å². The molecule has 0 radical (unpaired) electrons. The molecule has 0 unspecified atom stereocenters. The first kappa shape index (κ1) is 10.8. The zero-order valence-electron chi connectivity index (χ0n) is 11.0. The first-order valence-corrected chi connectivity index (χ1v) is 7.09. The van der Waals surface area contributed by atoms with Gasteiger partial charge in [-0.2, -0.15) is 5.90 Å². The van der Waals surface area contributed by atoms with Gasteiger partial charge < -0.3 is 14.7 Å². The van der Waals surface area contributed by atoms with Gasteiger partial charge in [-0.3, -0.25) is 0 Å². The summed E-state index contributed by atoms with van der Waals surface area (Å²) in [5.74, 6) is 7.90. The van der Waals surface area contributed by atoms with Crippen LogP contribution in [0.3, 0.4) is 0 Å². The summed E-state index contributed by atoms with van der Waals surface area (Å²) in [6.07, 6.45) is 7.18. The van der Waals surface area contributed by atoms with E-state index in [2.05, 4.69) is 12.1 Å². The van der Waals surface area contributed by atoms with E-state index < -0.39 is 0 Å². The van der Waals surface area contributed by atoms with Gasteiger partial charge in [-0.15, -0.1) is 0 Å². The Morgan fingerprint density at radius 2 is 2.25 bits per heavy atom. The summed E-state index contributed by atoms with van der Waals surface area (Å²) in [6.45, 7) is 0. The molecule has 1 fully saturated rings. The van der Waals surface area contributed by atoms with Crippen molar-refractivity contribution in [2.75, 3.05) is 0 Å². The van der Waals surface area contributed by atoms with Crippen LogP contribution >= 0.6 is 0 Å². The van der Waals surface area contributed by atoms with Crippen LogP contribution in [0.1, 0.15) is 24.0 Å². The number of hydrogen-bond acceptors (Lipinski definition) is 3. The van der Waals surface area contributed by atoms with Crippen molar-refractivity contribution in [3.05, 3.63) is 46.7 Å². The molecule has 0 amide bonds. The highest BCUT2D eigenvalue weighted by molar-refractivity contribution is 5.67. The second kappa shape index (κ2) is 3.20. The van der Waals surface area contributed by atoms with E-state index in [1.54, 1.807) is 0 Å². The van der Waals surface area contributed by atoms with Crippen molar-refractivity contribution in [1.29, 1.82) is 0 Å². The van der Waals surface area contributed by atoms with Gasteiger partial charge in [0.25, 0.3) is 5.76 Å². The van der Waals surface area contributed by atoms with E-state index in [4.69, 9.17) is 20.6 Å². The van der Waals surface area contributed by atoms with E-state index in [-0.39, 0.29) is 11.5 Å². The molecule has 2 bridgehead atoms. The predicted molar refractivity (Wildman–Crippen MR) is 73.6 cm³/mol. The third-order valence-electron chi connectivity index (χ3n) is 5.50. The van der Waals surface area contributed by atoms with Crippen molar-refractivity contribution in [3.8, 4) is 11.5 Å². The van der Waals surface area contributed by atoms with Crippen molar-refractivity contribution >= 4 is 0 Å². The van der Waals surface area contributed by atoms with Crippen molar-refractivity contribution < 1.29 is 14.7 Å². The molecule has 20 heavy (non-hydrogen) atoms. The second-order valence-electron chi connectivity index (χ2n) is 6.20. The highest BCUT2D eigenvalue weighted by Crippen LogP contribution is 2.65. The monoisotopic (exact) mass is 270 g/mol. The fourth-order valence-corrected chi connectivity index (χ4v) is 4.80. The van der Waals surface area contributed by atoms with Gasteiger partial charge in [0, 0.05) is 11.6 Å². The molecule has 1 aromatic rings. The molecular weight excluding hydrogens is 254 g/mol. The third-order valence-corrected chi connectivity index (χ3v) is 5.50. The van der Waals surface area contributed by atoms with Crippen LogP contribution in [0.2, 0.25) is 0 Å². The van der Waals surface area contributed by atoms with Gasteiger partial charge in [0.15, 0.2) is 11.5 Å². The van der Waals surface area contributed by atoms with E-state index in [1.165, 1.54) is 23.1 Å². The number of ether oxygens (including phenoxy) is 1. The smallest absolute Gasteiger partial charge is 0.271 e. The summed E-state index contributed by atoms with van der Waals surface area (Å²) in [5.41, 5.74) is 3.92. The van der Waals surface area contributed by atoms with E-state index in [0.717, 1.165) is 18.6 Å². The minimum Gasteiger partial charge on any atom is -0.594 e. The van der Waals surface area contributed by atoms with Gasteiger partial charge >= 0.3 is 0 Å². The summed E-state index contributed by atoms with van der Waals surface area (Å²) in [4.78, 5) is 4.99. The topological polar surface area (TPSA) is 67.4 Å². The van der Waals surface area contributed by atoms with Gasteiger partial charge in [-0.25, -0.2) is 0 Å². The highest BCUT2D eigenvalue weighted by Gasteiger charge is 2.63. The molecule has 102 valence electrons. The highest BCUT2D eigenvalue weighted by atomic mass is 16.6.